The monoisotopic (exact) mass is 401 g/mol. The lowest BCUT2D eigenvalue weighted by Crippen LogP contribution is -2.08. The highest BCUT2D eigenvalue weighted by atomic mass is 19.4. The second-order valence-corrected chi connectivity index (χ2v) is 7.49. The molecule has 1 aliphatic carbocycles. The number of oxazole rings is 1. The van der Waals surface area contributed by atoms with Crippen molar-refractivity contribution in [3.05, 3.63) is 71.4 Å². The van der Waals surface area contributed by atoms with E-state index in [0.29, 0.717) is 22.9 Å². The fraction of sp³-hybridized carbons (Fsp3) is 0.348. The van der Waals surface area contributed by atoms with E-state index in [4.69, 9.17) is 9.15 Å². The average Bonchev–Trinajstić information content (AvgIpc) is 3.37. The Bertz CT molecular complexity index is 988. The van der Waals surface area contributed by atoms with E-state index in [9.17, 15) is 13.2 Å². The number of hydrogen-bond acceptors (Lipinski definition) is 3. The molecule has 0 unspecified atom stereocenters. The van der Waals surface area contributed by atoms with E-state index in [0.717, 1.165) is 30.4 Å². The van der Waals surface area contributed by atoms with Gasteiger partial charge >= 0.3 is 6.18 Å². The van der Waals surface area contributed by atoms with E-state index in [1.807, 2.05) is 0 Å². The van der Waals surface area contributed by atoms with Crippen LogP contribution < -0.4 is 4.74 Å². The van der Waals surface area contributed by atoms with Gasteiger partial charge in [0.15, 0.2) is 5.89 Å². The lowest BCUT2D eigenvalue weighted by molar-refractivity contribution is -0.137. The zero-order chi connectivity index (χ0) is 20.4. The number of halogens is 3. The summed E-state index contributed by atoms with van der Waals surface area (Å²) in [6, 6.07) is 10.9. The van der Waals surface area contributed by atoms with Crippen LogP contribution in [0.15, 0.2) is 53.1 Å². The first-order valence-corrected chi connectivity index (χ1v) is 9.76. The highest BCUT2D eigenvalue weighted by Crippen LogP contribution is 2.41. The third kappa shape index (κ3) is 4.31. The van der Waals surface area contributed by atoms with Gasteiger partial charge < -0.3 is 9.15 Å². The lowest BCUT2D eigenvalue weighted by Gasteiger charge is -2.16. The van der Waals surface area contributed by atoms with Gasteiger partial charge in [0.25, 0.3) is 0 Å². The molecule has 0 saturated heterocycles. The molecule has 4 rings (SSSR count). The second kappa shape index (κ2) is 7.93. The van der Waals surface area contributed by atoms with Gasteiger partial charge in [-0.15, -0.1) is 0 Å². The Balaban J connectivity index is 1.59. The van der Waals surface area contributed by atoms with Crippen molar-refractivity contribution >= 4 is 0 Å². The van der Waals surface area contributed by atoms with Crippen LogP contribution in [0.2, 0.25) is 0 Å². The van der Waals surface area contributed by atoms with Gasteiger partial charge in [-0.25, -0.2) is 4.98 Å². The number of nitrogens with zero attached hydrogens (tertiary/aromatic N) is 1. The molecule has 0 aliphatic heterocycles. The molecule has 1 aromatic heterocycles. The quantitative estimate of drug-likeness (QED) is 0.466. The summed E-state index contributed by atoms with van der Waals surface area (Å²) >= 11 is 0. The first kappa shape index (κ1) is 19.6. The van der Waals surface area contributed by atoms with Crippen molar-refractivity contribution in [3.8, 4) is 16.9 Å². The lowest BCUT2D eigenvalue weighted by atomic mass is 9.96. The molecular formula is C23H22F3NO2. The molecule has 2 aromatic carbocycles. The van der Waals surface area contributed by atoms with Crippen molar-refractivity contribution in [3.63, 3.8) is 0 Å². The topological polar surface area (TPSA) is 35.3 Å². The van der Waals surface area contributed by atoms with Gasteiger partial charge in [-0.3, -0.25) is 0 Å². The normalized spacial score (nSPS) is 15.0. The van der Waals surface area contributed by atoms with Gasteiger partial charge in [0.2, 0.25) is 0 Å². The van der Waals surface area contributed by atoms with Gasteiger partial charge in [-0.1, -0.05) is 48.7 Å². The third-order valence-corrected chi connectivity index (χ3v) is 5.31. The maximum Gasteiger partial charge on any atom is 0.417 e. The minimum atomic E-state index is -4.45. The van der Waals surface area contributed by atoms with Crippen molar-refractivity contribution in [2.75, 3.05) is 0 Å². The molecule has 1 aliphatic rings. The summed E-state index contributed by atoms with van der Waals surface area (Å²) in [5, 5.41) is 0. The van der Waals surface area contributed by atoms with Crippen molar-refractivity contribution in [1.29, 1.82) is 0 Å². The molecule has 0 atom stereocenters. The number of rotatable bonds is 5. The average molecular weight is 401 g/mol. The van der Waals surface area contributed by atoms with Crippen LogP contribution in [0.5, 0.6) is 5.75 Å². The Morgan fingerprint density at radius 2 is 1.83 bits per heavy atom. The Morgan fingerprint density at radius 3 is 2.59 bits per heavy atom. The summed E-state index contributed by atoms with van der Waals surface area (Å²) in [6.45, 7) is 1.91. The Kier molecular flexibility index (Phi) is 5.35. The first-order valence-electron chi connectivity index (χ1n) is 9.76. The van der Waals surface area contributed by atoms with E-state index in [1.54, 1.807) is 43.5 Å². The number of benzene rings is 2. The van der Waals surface area contributed by atoms with Crippen LogP contribution in [-0.4, -0.2) is 4.98 Å². The maximum absolute atomic E-state index is 13.5. The minimum absolute atomic E-state index is 0.111. The highest BCUT2D eigenvalue weighted by Gasteiger charge is 2.34. The number of alkyl halides is 3. The predicted molar refractivity (Wildman–Crippen MR) is 104 cm³/mol. The number of ether oxygens (including phenoxy) is 1. The molecule has 0 N–H and O–H groups in total. The van der Waals surface area contributed by atoms with Gasteiger partial charge in [0.05, 0.1) is 5.56 Å². The van der Waals surface area contributed by atoms with E-state index >= 15 is 0 Å². The third-order valence-electron chi connectivity index (χ3n) is 5.31. The largest absolute Gasteiger partial charge is 0.487 e. The van der Waals surface area contributed by atoms with E-state index in [-0.39, 0.29) is 12.2 Å². The fourth-order valence-corrected chi connectivity index (χ4v) is 3.84. The number of aryl methyl sites for hydroxylation is 1. The van der Waals surface area contributed by atoms with Crippen LogP contribution in [0, 0.1) is 6.92 Å². The predicted octanol–water partition coefficient (Wildman–Crippen LogP) is 6.91. The molecule has 1 saturated carbocycles. The van der Waals surface area contributed by atoms with E-state index < -0.39 is 11.7 Å². The number of para-hydroxylation sites is 1. The van der Waals surface area contributed by atoms with Crippen LogP contribution in [0.25, 0.3) is 11.1 Å². The summed E-state index contributed by atoms with van der Waals surface area (Å²) < 4.78 is 52.1. The highest BCUT2D eigenvalue weighted by molar-refractivity contribution is 5.74. The molecular weight excluding hydrogens is 379 g/mol. The Morgan fingerprint density at radius 1 is 1.07 bits per heavy atom. The van der Waals surface area contributed by atoms with Crippen LogP contribution in [0.3, 0.4) is 0 Å². The molecule has 3 nitrogen and oxygen atoms in total. The van der Waals surface area contributed by atoms with Crippen molar-refractivity contribution in [2.24, 2.45) is 0 Å². The summed E-state index contributed by atoms with van der Waals surface area (Å²) in [5.74, 6) is 1.47. The smallest absolute Gasteiger partial charge is 0.417 e. The first-order chi connectivity index (χ1) is 13.9. The van der Waals surface area contributed by atoms with Crippen LogP contribution in [-0.2, 0) is 12.8 Å². The summed E-state index contributed by atoms with van der Waals surface area (Å²) in [4.78, 5) is 4.51. The molecule has 1 fully saturated rings. The van der Waals surface area contributed by atoms with E-state index in [2.05, 4.69) is 4.98 Å². The molecule has 29 heavy (non-hydrogen) atoms. The van der Waals surface area contributed by atoms with Crippen molar-refractivity contribution in [1.82, 2.24) is 4.98 Å². The van der Waals surface area contributed by atoms with Crippen LogP contribution >= 0.6 is 0 Å². The number of aromatic nitrogens is 1. The molecule has 0 radical (unpaired) electrons. The van der Waals surface area contributed by atoms with Gasteiger partial charge in [0.1, 0.15) is 24.3 Å². The molecule has 6 heteroatoms. The zero-order valence-electron chi connectivity index (χ0n) is 16.1. The van der Waals surface area contributed by atoms with Crippen LogP contribution in [0.4, 0.5) is 13.2 Å². The van der Waals surface area contributed by atoms with Gasteiger partial charge in [-0.2, -0.15) is 13.2 Å². The SMILES string of the molecule is Cc1ccc(C(F)(F)F)c(-c2ccccc2OCc2coc(C3CCCC3)n2)c1. The molecule has 0 bridgehead atoms. The Hall–Kier alpha value is -2.76. The Labute approximate surface area is 167 Å². The number of hydrogen-bond donors (Lipinski definition) is 0. The maximum atomic E-state index is 13.5. The summed E-state index contributed by atoms with van der Waals surface area (Å²) in [6.07, 6.45) is 1.66. The molecule has 1 heterocycles. The van der Waals surface area contributed by atoms with Crippen LogP contribution in [0.1, 0.15) is 54.3 Å². The zero-order valence-corrected chi connectivity index (χ0v) is 16.1. The molecule has 0 amide bonds. The summed E-state index contributed by atoms with van der Waals surface area (Å²) in [5.41, 5.74) is 1.23. The minimum Gasteiger partial charge on any atom is -0.487 e. The molecule has 3 aromatic rings. The van der Waals surface area contributed by atoms with Gasteiger partial charge in [0, 0.05) is 11.5 Å². The second-order valence-electron chi connectivity index (χ2n) is 7.49. The van der Waals surface area contributed by atoms with Crippen molar-refractivity contribution in [2.45, 2.75) is 51.3 Å². The molecule has 152 valence electrons. The fourth-order valence-electron chi connectivity index (χ4n) is 3.84. The van der Waals surface area contributed by atoms with Gasteiger partial charge in [-0.05, 0) is 37.5 Å². The standard InChI is InChI=1S/C23H22F3NO2/c1-15-10-11-20(23(24,25)26)19(12-15)18-8-4-5-9-21(18)28-13-17-14-29-22(27-17)16-6-2-3-7-16/h4-5,8-12,14,16H,2-3,6-7,13H2,1H3. The summed E-state index contributed by atoms with van der Waals surface area (Å²) in [7, 11) is 0. The van der Waals surface area contributed by atoms with Crippen molar-refractivity contribution < 1.29 is 22.3 Å². The van der Waals surface area contributed by atoms with E-state index in [1.165, 1.54) is 18.9 Å². The molecule has 0 spiro atoms.